The number of aliphatic carboxylic acids is 1. The predicted octanol–water partition coefficient (Wildman–Crippen LogP) is 4.58. The summed E-state index contributed by atoms with van der Waals surface area (Å²) in [4.78, 5) is 10.6. The highest BCUT2D eigenvalue weighted by molar-refractivity contribution is 14.1. The maximum atomic E-state index is 10.6. The summed E-state index contributed by atoms with van der Waals surface area (Å²) in [7, 11) is 0. The van der Waals surface area contributed by atoms with Crippen molar-refractivity contribution in [3.05, 3.63) is 52.1 Å². The molecule has 29 heavy (non-hydrogen) atoms. The molecule has 2 bridgehead atoms. The van der Waals surface area contributed by atoms with E-state index in [1.165, 1.54) is 0 Å². The van der Waals surface area contributed by atoms with Crippen LogP contribution in [0.25, 0.3) is 0 Å². The molecule has 1 aromatic rings. The van der Waals surface area contributed by atoms with Gasteiger partial charge in [-0.25, -0.2) is 0 Å². The Labute approximate surface area is 185 Å². The van der Waals surface area contributed by atoms with Crippen molar-refractivity contribution in [2.45, 2.75) is 56.8 Å². The van der Waals surface area contributed by atoms with Gasteiger partial charge in [0.1, 0.15) is 18.5 Å². The molecule has 2 N–H and O–H groups in total. The van der Waals surface area contributed by atoms with Crippen molar-refractivity contribution < 1.29 is 24.5 Å². The number of allylic oxidation sites excluding steroid dienone is 2. The zero-order chi connectivity index (χ0) is 20.6. The molecule has 0 amide bonds. The second-order valence-corrected chi connectivity index (χ2v) is 8.99. The summed E-state index contributed by atoms with van der Waals surface area (Å²) < 4.78 is 12.9. The minimum Gasteiger partial charge on any atom is -0.491 e. The summed E-state index contributed by atoms with van der Waals surface area (Å²) in [6.45, 7) is 0.229. The van der Waals surface area contributed by atoms with Crippen LogP contribution >= 0.6 is 22.6 Å². The first-order valence-electron chi connectivity index (χ1n) is 10.3. The smallest absolute Gasteiger partial charge is 0.303 e. The summed E-state index contributed by atoms with van der Waals surface area (Å²) in [5.41, 5.74) is 0. The standard InChI is InChI=1S/C23H29IO5/c24-16-7-10-18(11-8-16)28-15-17(25)9-12-20-19(21-13-14-22(20)29-21)5-3-1-2-4-6-23(26)27/h1,3,7-12,17,19-22,25H,2,4-6,13-15H2,(H,26,27)/t17-,19+,20-,21+,22-/m1/s1. The van der Waals surface area contributed by atoms with E-state index >= 15 is 0 Å². The van der Waals surface area contributed by atoms with Gasteiger partial charge >= 0.3 is 5.97 Å². The van der Waals surface area contributed by atoms with E-state index in [-0.39, 0.29) is 19.1 Å². The van der Waals surface area contributed by atoms with Gasteiger partial charge in [-0.05, 0) is 84.9 Å². The lowest BCUT2D eigenvalue weighted by molar-refractivity contribution is -0.137. The maximum Gasteiger partial charge on any atom is 0.303 e. The number of unbranched alkanes of at least 4 members (excludes halogenated alkanes) is 1. The molecule has 2 aliphatic heterocycles. The van der Waals surface area contributed by atoms with E-state index in [1.54, 1.807) is 0 Å². The minimum atomic E-state index is -0.741. The van der Waals surface area contributed by atoms with Crippen molar-refractivity contribution in [3.63, 3.8) is 0 Å². The fourth-order valence-electron chi connectivity index (χ4n) is 4.15. The number of fused-ring (bicyclic) bond motifs is 2. The van der Waals surface area contributed by atoms with E-state index in [0.717, 1.165) is 35.0 Å². The Morgan fingerprint density at radius 1 is 1.24 bits per heavy atom. The molecule has 5 nitrogen and oxygen atoms in total. The Kier molecular flexibility index (Phi) is 8.56. The molecular weight excluding hydrogens is 483 g/mol. The van der Waals surface area contributed by atoms with Gasteiger partial charge in [-0.2, -0.15) is 0 Å². The first-order valence-corrected chi connectivity index (χ1v) is 11.4. The highest BCUT2D eigenvalue weighted by Crippen LogP contribution is 2.45. The molecule has 0 spiro atoms. The summed E-state index contributed by atoms with van der Waals surface area (Å²) in [6.07, 6.45) is 12.9. The molecule has 6 heteroatoms. The predicted molar refractivity (Wildman–Crippen MR) is 120 cm³/mol. The molecular formula is C23H29IO5. The van der Waals surface area contributed by atoms with Crippen LogP contribution in [0, 0.1) is 15.4 Å². The molecule has 0 radical (unpaired) electrons. The fourth-order valence-corrected chi connectivity index (χ4v) is 4.51. The molecule has 2 saturated heterocycles. The van der Waals surface area contributed by atoms with Gasteiger partial charge in [-0.1, -0.05) is 24.3 Å². The number of carboxylic acid groups (broad SMARTS) is 1. The van der Waals surface area contributed by atoms with Gasteiger partial charge < -0.3 is 19.7 Å². The Bertz CT molecular complexity index is 714. The average molecular weight is 512 g/mol. The number of halogens is 1. The van der Waals surface area contributed by atoms with Crippen LogP contribution in [0.4, 0.5) is 0 Å². The Morgan fingerprint density at radius 2 is 2.00 bits per heavy atom. The quantitative estimate of drug-likeness (QED) is 0.258. The van der Waals surface area contributed by atoms with E-state index in [1.807, 2.05) is 30.3 Å². The molecule has 5 atom stereocenters. The number of hydrogen-bond acceptors (Lipinski definition) is 4. The molecule has 158 valence electrons. The van der Waals surface area contributed by atoms with Gasteiger partial charge in [0.25, 0.3) is 0 Å². The largest absolute Gasteiger partial charge is 0.491 e. The van der Waals surface area contributed by atoms with Gasteiger partial charge in [0.05, 0.1) is 12.2 Å². The summed E-state index contributed by atoms with van der Waals surface area (Å²) in [5, 5.41) is 19.0. The van der Waals surface area contributed by atoms with Crippen LogP contribution in [0.5, 0.6) is 5.75 Å². The van der Waals surface area contributed by atoms with Crippen molar-refractivity contribution in [3.8, 4) is 5.75 Å². The maximum absolute atomic E-state index is 10.6. The Balaban J connectivity index is 1.46. The fraction of sp³-hybridized carbons (Fsp3) is 0.522. The zero-order valence-corrected chi connectivity index (χ0v) is 18.6. The van der Waals surface area contributed by atoms with E-state index < -0.39 is 12.1 Å². The van der Waals surface area contributed by atoms with Crippen LogP contribution in [0.15, 0.2) is 48.6 Å². The molecule has 2 heterocycles. The molecule has 1 aromatic carbocycles. The van der Waals surface area contributed by atoms with E-state index in [0.29, 0.717) is 24.4 Å². The van der Waals surface area contributed by atoms with Gasteiger partial charge in [0.15, 0.2) is 0 Å². The molecule has 0 unspecified atom stereocenters. The Morgan fingerprint density at radius 3 is 2.76 bits per heavy atom. The second kappa shape index (κ2) is 11.1. The van der Waals surface area contributed by atoms with Crippen LogP contribution in [-0.4, -0.2) is 41.1 Å². The van der Waals surface area contributed by atoms with Crippen molar-refractivity contribution >= 4 is 28.6 Å². The summed E-state index contributed by atoms with van der Waals surface area (Å²) >= 11 is 2.25. The first kappa shape index (κ1) is 22.3. The van der Waals surface area contributed by atoms with E-state index in [4.69, 9.17) is 14.6 Å². The SMILES string of the molecule is O=C(O)CCCC=CC[C@H]1[C@@H](C=C[C@@H](O)COc2ccc(I)cc2)[C@H]2CC[C@@H]1O2. The van der Waals surface area contributed by atoms with Crippen molar-refractivity contribution in [1.82, 2.24) is 0 Å². The molecule has 2 aliphatic rings. The van der Waals surface area contributed by atoms with Crippen LogP contribution in [0.1, 0.15) is 38.5 Å². The van der Waals surface area contributed by atoms with E-state index in [9.17, 15) is 9.90 Å². The average Bonchev–Trinajstić information content (AvgIpc) is 3.30. The van der Waals surface area contributed by atoms with Gasteiger partial charge in [0, 0.05) is 15.9 Å². The third kappa shape index (κ3) is 6.83. The highest BCUT2D eigenvalue weighted by atomic mass is 127. The normalized spacial score (nSPS) is 27.1. The Hall–Kier alpha value is -1.38. The summed E-state index contributed by atoms with van der Waals surface area (Å²) in [5.74, 6) is 0.747. The first-order chi connectivity index (χ1) is 14.0. The lowest BCUT2D eigenvalue weighted by Gasteiger charge is -2.25. The third-order valence-electron chi connectivity index (χ3n) is 5.61. The lowest BCUT2D eigenvalue weighted by atomic mass is 9.77. The molecule has 2 fully saturated rings. The molecule has 0 saturated carbocycles. The number of carboxylic acids is 1. The number of rotatable bonds is 11. The number of aliphatic hydroxyl groups is 1. The number of carbonyl (C=O) groups is 1. The van der Waals surface area contributed by atoms with Crippen molar-refractivity contribution in [2.75, 3.05) is 6.61 Å². The number of hydrogen-bond donors (Lipinski definition) is 2. The number of benzene rings is 1. The minimum absolute atomic E-state index is 0.217. The van der Waals surface area contributed by atoms with Crippen LogP contribution in [0.3, 0.4) is 0 Å². The van der Waals surface area contributed by atoms with Gasteiger partial charge in [-0.15, -0.1) is 0 Å². The highest BCUT2D eigenvalue weighted by Gasteiger charge is 2.46. The second-order valence-electron chi connectivity index (χ2n) is 7.74. The van der Waals surface area contributed by atoms with Crippen LogP contribution in [-0.2, 0) is 9.53 Å². The lowest BCUT2D eigenvalue weighted by Crippen LogP contribution is -2.26. The van der Waals surface area contributed by atoms with Gasteiger partial charge in [-0.3, -0.25) is 4.79 Å². The summed E-state index contributed by atoms with van der Waals surface area (Å²) in [6, 6.07) is 7.76. The van der Waals surface area contributed by atoms with Crippen LogP contribution < -0.4 is 4.74 Å². The topological polar surface area (TPSA) is 76.0 Å². The zero-order valence-electron chi connectivity index (χ0n) is 16.5. The van der Waals surface area contributed by atoms with Crippen molar-refractivity contribution in [1.29, 1.82) is 0 Å². The van der Waals surface area contributed by atoms with E-state index in [2.05, 4.69) is 40.8 Å². The number of aliphatic hydroxyl groups excluding tert-OH is 1. The van der Waals surface area contributed by atoms with Crippen LogP contribution in [0.2, 0.25) is 0 Å². The number of ether oxygens (including phenoxy) is 2. The van der Waals surface area contributed by atoms with Gasteiger partial charge in [0.2, 0.25) is 0 Å². The van der Waals surface area contributed by atoms with Crippen molar-refractivity contribution in [2.24, 2.45) is 11.8 Å². The third-order valence-corrected chi connectivity index (χ3v) is 6.33. The molecule has 0 aromatic heterocycles. The molecule has 3 rings (SSSR count). The molecule has 0 aliphatic carbocycles. The monoisotopic (exact) mass is 512 g/mol.